The third-order valence-corrected chi connectivity index (χ3v) is 6.29. The molecule has 1 N–H and O–H groups in total. The van der Waals surface area contributed by atoms with E-state index in [0.717, 1.165) is 32.9 Å². The summed E-state index contributed by atoms with van der Waals surface area (Å²) in [6.07, 6.45) is -4.83. The van der Waals surface area contributed by atoms with Gasteiger partial charge in [-0.15, -0.1) is 16.2 Å². The zero-order valence-electron chi connectivity index (χ0n) is 19.3. The van der Waals surface area contributed by atoms with Gasteiger partial charge in [0.15, 0.2) is 0 Å². The van der Waals surface area contributed by atoms with Crippen molar-refractivity contribution in [2.45, 2.75) is 6.18 Å². The minimum absolute atomic E-state index is 0.264. The van der Waals surface area contributed by atoms with Crippen molar-refractivity contribution in [2.24, 2.45) is 5.18 Å². The lowest BCUT2D eigenvalue weighted by molar-refractivity contribution is -0.137. The van der Waals surface area contributed by atoms with Crippen molar-refractivity contribution in [3.63, 3.8) is 0 Å². The minimum atomic E-state index is -4.83. The van der Waals surface area contributed by atoms with E-state index >= 15 is 0 Å². The van der Waals surface area contributed by atoms with Crippen LogP contribution < -0.4 is 10.1 Å². The minimum Gasteiger partial charge on any atom is -0.491 e. The van der Waals surface area contributed by atoms with Gasteiger partial charge in [0.2, 0.25) is 0 Å². The second-order valence-electron chi connectivity index (χ2n) is 8.12. The van der Waals surface area contributed by atoms with E-state index in [1.807, 2.05) is 43.3 Å². The number of carbonyl (C=O) groups is 1. The van der Waals surface area contributed by atoms with Crippen LogP contribution in [0.3, 0.4) is 0 Å². The predicted octanol–water partition coefficient (Wildman–Crippen LogP) is 6.57. The molecule has 4 aromatic rings. The van der Waals surface area contributed by atoms with Gasteiger partial charge in [0.1, 0.15) is 23.1 Å². The number of likely N-dealkylation sites (N-methyl/N-ethyl adjacent to an activating group) is 1. The maximum Gasteiger partial charge on any atom is 0.418 e. The van der Waals surface area contributed by atoms with E-state index in [1.54, 1.807) is 18.2 Å². The smallest absolute Gasteiger partial charge is 0.418 e. The van der Waals surface area contributed by atoms with Gasteiger partial charge in [-0.25, -0.2) is 4.98 Å². The fourth-order valence-corrected chi connectivity index (χ4v) is 4.40. The predicted molar refractivity (Wildman–Crippen MR) is 134 cm³/mol. The maximum atomic E-state index is 13.3. The summed E-state index contributed by atoms with van der Waals surface area (Å²) in [5.41, 5.74) is -0.410. The van der Waals surface area contributed by atoms with Crippen LogP contribution in [0.2, 0.25) is 0 Å². The molecule has 0 radical (unpaired) electrons. The lowest BCUT2D eigenvalue weighted by atomic mass is 10.1. The number of amides is 1. The number of fused-ring (bicyclic) bond motifs is 1. The number of nitrogens with one attached hydrogen (secondary N) is 1. The number of alkyl halides is 3. The molecule has 0 saturated carbocycles. The highest BCUT2D eigenvalue weighted by Crippen LogP contribution is 2.39. The molecule has 0 spiro atoms. The largest absolute Gasteiger partial charge is 0.491 e. The highest BCUT2D eigenvalue weighted by atomic mass is 32.1. The molecule has 186 valence electrons. The number of nitrogens with zero attached hydrogens (tertiary/aromatic N) is 3. The van der Waals surface area contributed by atoms with Crippen LogP contribution in [0.1, 0.15) is 15.9 Å². The molecule has 0 aliphatic carbocycles. The number of thiazole rings is 1. The van der Waals surface area contributed by atoms with Gasteiger partial charge in [0.25, 0.3) is 5.91 Å². The van der Waals surface area contributed by atoms with Crippen LogP contribution in [-0.4, -0.2) is 43.0 Å². The fraction of sp³-hybridized carbons (Fsp3) is 0.200. The number of halogens is 3. The van der Waals surface area contributed by atoms with Gasteiger partial charge in [0.05, 0.1) is 21.3 Å². The molecule has 11 heteroatoms. The van der Waals surface area contributed by atoms with Crippen LogP contribution in [0.5, 0.6) is 5.75 Å². The number of aromatic nitrogens is 1. The van der Waals surface area contributed by atoms with Crippen molar-refractivity contribution in [3.05, 3.63) is 76.7 Å². The number of hydrogen-bond donors (Lipinski definition) is 1. The summed E-state index contributed by atoms with van der Waals surface area (Å²) in [6, 6.07) is 15.3. The van der Waals surface area contributed by atoms with Crippen LogP contribution in [0.25, 0.3) is 20.8 Å². The first-order valence-electron chi connectivity index (χ1n) is 10.8. The zero-order chi connectivity index (χ0) is 25.9. The molecule has 0 fully saturated rings. The van der Waals surface area contributed by atoms with Gasteiger partial charge in [-0.2, -0.15) is 13.2 Å². The van der Waals surface area contributed by atoms with Crippen molar-refractivity contribution in [2.75, 3.05) is 32.6 Å². The Hall–Kier alpha value is -3.83. The Labute approximate surface area is 208 Å². The number of carbonyl (C=O) groups excluding carboxylic acids is 1. The molecule has 0 aliphatic rings. The molecule has 0 aliphatic heterocycles. The van der Waals surface area contributed by atoms with E-state index in [-0.39, 0.29) is 5.56 Å². The quantitative estimate of drug-likeness (QED) is 0.269. The monoisotopic (exact) mass is 514 g/mol. The Morgan fingerprint density at radius 2 is 1.89 bits per heavy atom. The molecule has 1 aromatic heterocycles. The molecule has 3 aromatic carbocycles. The summed E-state index contributed by atoms with van der Waals surface area (Å²) in [4.78, 5) is 30.1. The number of hydrogen-bond acceptors (Lipinski definition) is 7. The molecule has 1 amide bonds. The highest BCUT2D eigenvalue weighted by molar-refractivity contribution is 7.21. The van der Waals surface area contributed by atoms with E-state index < -0.39 is 23.3 Å². The van der Waals surface area contributed by atoms with E-state index in [9.17, 15) is 22.9 Å². The van der Waals surface area contributed by atoms with Gasteiger partial charge in [-0.05, 0) is 61.7 Å². The molecular weight excluding hydrogens is 493 g/mol. The molecule has 36 heavy (non-hydrogen) atoms. The van der Waals surface area contributed by atoms with Crippen molar-refractivity contribution >= 4 is 38.8 Å². The van der Waals surface area contributed by atoms with Crippen LogP contribution >= 0.6 is 11.3 Å². The van der Waals surface area contributed by atoms with Crippen molar-refractivity contribution in [1.82, 2.24) is 9.88 Å². The number of nitroso groups, excluding NO2 is 1. The van der Waals surface area contributed by atoms with Crippen LogP contribution in [0.15, 0.2) is 65.8 Å². The van der Waals surface area contributed by atoms with Crippen molar-refractivity contribution in [3.8, 4) is 16.3 Å². The summed E-state index contributed by atoms with van der Waals surface area (Å²) in [5, 5.41) is 5.73. The lowest BCUT2D eigenvalue weighted by Crippen LogP contribution is -2.19. The maximum absolute atomic E-state index is 13.3. The molecule has 1 heterocycles. The molecular formula is C25H21F3N4O3S. The third-order valence-electron chi connectivity index (χ3n) is 5.22. The Morgan fingerprint density at radius 3 is 2.58 bits per heavy atom. The van der Waals surface area contributed by atoms with Gasteiger partial charge >= 0.3 is 6.18 Å². The second-order valence-corrected chi connectivity index (χ2v) is 9.16. The Bertz CT molecular complexity index is 1390. The van der Waals surface area contributed by atoms with Crippen LogP contribution in [0, 0.1) is 4.91 Å². The second kappa shape index (κ2) is 10.4. The number of anilines is 1. The van der Waals surface area contributed by atoms with Crippen LogP contribution in [0.4, 0.5) is 24.5 Å². The van der Waals surface area contributed by atoms with E-state index in [2.05, 4.69) is 15.5 Å². The number of para-hydroxylation sites is 1. The molecule has 0 unspecified atom stereocenters. The van der Waals surface area contributed by atoms with Crippen molar-refractivity contribution in [1.29, 1.82) is 0 Å². The van der Waals surface area contributed by atoms with Gasteiger partial charge in [0, 0.05) is 23.9 Å². The first-order valence-corrected chi connectivity index (χ1v) is 11.6. The van der Waals surface area contributed by atoms with Gasteiger partial charge in [-0.1, -0.05) is 12.1 Å². The van der Waals surface area contributed by atoms with Gasteiger partial charge in [-0.3, -0.25) is 4.79 Å². The Kier molecular flexibility index (Phi) is 7.32. The average Bonchev–Trinajstić information content (AvgIpc) is 3.27. The summed E-state index contributed by atoms with van der Waals surface area (Å²) >= 11 is 1.50. The normalized spacial score (nSPS) is 11.6. The summed E-state index contributed by atoms with van der Waals surface area (Å²) in [6.45, 7) is 1.02. The number of rotatable bonds is 8. The summed E-state index contributed by atoms with van der Waals surface area (Å²) in [7, 11) is 3.82. The van der Waals surface area contributed by atoms with E-state index in [0.29, 0.717) is 30.7 Å². The topological polar surface area (TPSA) is 83.9 Å². The molecule has 4 rings (SSSR count). The third kappa shape index (κ3) is 5.69. The Morgan fingerprint density at radius 1 is 1.11 bits per heavy atom. The van der Waals surface area contributed by atoms with Crippen molar-refractivity contribution < 1.29 is 22.7 Å². The highest BCUT2D eigenvalue weighted by Gasteiger charge is 2.35. The van der Waals surface area contributed by atoms with Gasteiger partial charge < -0.3 is 15.0 Å². The number of ether oxygens (including phenoxy) is 1. The number of benzene rings is 3. The summed E-state index contributed by atoms with van der Waals surface area (Å²) in [5.74, 6) is -0.296. The van der Waals surface area contributed by atoms with E-state index in [4.69, 9.17) is 4.74 Å². The standard InChI is InChI=1S/C25H21F3N4O3S/c1-32(2)11-12-35-21-14-16(8-9-17(21)24-30-20-5-3-4-6-22(20)36-24)29-23(33)15-7-10-19(31-34)18(13-15)25(26,27)28/h3-10,13-14H,11-12H2,1-2H3,(H,29,33). The molecule has 0 bridgehead atoms. The molecule has 7 nitrogen and oxygen atoms in total. The molecule has 0 atom stereocenters. The average molecular weight is 515 g/mol. The van der Waals surface area contributed by atoms with E-state index in [1.165, 1.54) is 11.3 Å². The lowest BCUT2D eigenvalue weighted by Gasteiger charge is -2.15. The zero-order valence-corrected chi connectivity index (χ0v) is 20.1. The molecule has 0 saturated heterocycles. The fourth-order valence-electron chi connectivity index (χ4n) is 3.41. The Balaban J connectivity index is 1.64. The first-order chi connectivity index (χ1) is 17.2. The first kappa shape index (κ1) is 25.3. The van der Waals surface area contributed by atoms with Crippen LogP contribution in [-0.2, 0) is 6.18 Å². The summed E-state index contributed by atoms with van der Waals surface area (Å²) < 4.78 is 46.8. The SMILES string of the molecule is CN(C)CCOc1cc(NC(=O)c2ccc(N=O)c(C(F)(F)F)c2)ccc1-c1nc2ccccc2s1.